The SMILES string of the molecule is Cc1cc(-c2nn[nH]n2)nn1C. The van der Waals surface area contributed by atoms with Crippen LogP contribution in [0, 0.1) is 6.92 Å². The van der Waals surface area contributed by atoms with Gasteiger partial charge in [-0.25, -0.2) is 0 Å². The van der Waals surface area contributed by atoms with Gasteiger partial charge in [0.1, 0.15) is 5.69 Å². The number of rotatable bonds is 1. The number of aromatic amines is 1. The van der Waals surface area contributed by atoms with Gasteiger partial charge in [-0.15, -0.1) is 10.2 Å². The molecular formula is C6H8N6. The van der Waals surface area contributed by atoms with Gasteiger partial charge in [-0.1, -0.05) is 0 Å². The first-order chi connectivity index (χ1) is 5.77. The van der Waals surface area contributed by atoms with Crippen LogP contribution in [0.4, 0.5) is 0 Å². The van der Waals surface area contributed by atoms with Crippen LogP contribution in [-0.2, 0) is 7.05 Å². The van der Waals surface area contributed by atoms with Crippen molar-refractivity contribution in [2.45, 2.75) is 6.92 Å². The molecule has 0 aliphatic carbocycles. The van der Waals surface area contributed by atoms with Crippen molar-refractivity contribution in [1.29, 1.82) is 0 Å². The number of H-pyrrole nitrogens is 1. The van der Waals surface area contributed by atoms with Crippen molar-refractivity contribution in [3.05, 3.63) is 11.8 Å². The minimum Gasteiger partial charge on any atom is -0.272 e. The number of tetrazole rings is 1. The van der Waals surface area contributed by atoms with E-state index in [9.17, 15) is 0 Å². The van der Waals surface area contributed by atoms with E-state index in [1.807, 2.05) is 20.0 Å². The fourth-order valence-electron chi connectivity index (χ4n) is 0.940. The lowest BCUT2D eigenvalue weighted by Crippen LogP contribution is -1.92. The maximum absolute atomic E-state index is 4.18. The molecule has 6 nitrogen and oxygen atoms in total. The number of hydrogen-bond acceptors (Lipinski definition) is 4. The number of nitrogens with zero attached hydrogens (tertiary/aromatic N) is 5. The van der Waals surface area contributed by atoms with Crippen molar-refractivity contribution < 1.29 is 0 Å². The monoisotopic (exact) mass is 164 g/mol. The van der Waals surface area contributed by atoms with Crippen LogP contribution in [0.3, 0.4) is 0 Å². The highest BCUT2D eigenvalue weighted by Gasteiger charge is 2.07. The third-order valence-corrected chi connectivity index (χ3v) is 1.69. The topological polar surface area (TPSA) is 72.3 Å². The molecule has 0 bridgehead atoms. The van der Waals surface area contributed by atoms with E-state index in [2.05, 4.69) is 25.7 Å². The number of aromatic nitrogens is 6. The molecule has 0 aromatic carbocycles. The van der Waals surface area contributed by atoms with E-state index in [1.54, 1.807) is 4.68 Å². The third-order valence-electron chi connectivity index (χ3n) is 1.69. The summed E-state index contributed by atoms with van der Waals surface area (Å²) in [6.45, 7) is 1.97. The average Bonchev–Trinajstić information content (AvgIpc) is 2.61. The predicted octanol–water partition coefficient (Wildman–Crippen LogP) is -0.0914. The van der Waals surface area contributed by atoms with Crippen molar-refractivity contribution >= 4 is 0 Å². The quantitative estimate of drug-likeness (QED) is 0.639. The Bertz CT molecular complexity index is 353. The second kappa shape index (κ2) is 2.40. The maximum Gasteiger partial charge on any atom is 0.224 e. The number of nitrogens with one attached hydrogen (secondary N) is 1. The largest absolute Gasteiger partial charge is 0.272 e. The standard InChI is InChI=1S/C6H8N6/c1-4-3-5(9-12(4)2)6-7-10-11-8-6/h3H,1-2H3,(H,7,8,10,11). The molecule has 0 amide bonds. The Morgan fingerprint density at radius 2 is 2.33 bits per heavy atom. The Balaban J connectivity index is 2.48. The minimum atomic E-state index is 0.527. The van der Waals surface area contributed by atoms with Crippen LogP contribution in [0.1, 0.15) is 5.69 Å². The molecule has 0 aliphatic rings. The van der Waals surface area contributed by atoms with Gasteiger partial charge in [0.25, 0.3) is 0 Å². The van der Waals surface area contributed by atoms with Crippen LogP contribution in [0.15, 0.2) is 6.07 Å². The van der Waals surface area contributed by atoms with E-state index in [1.165, 1.54) is 0 Å². The summed E-state index contributed by atoms with van der Waals surface area (Å²) in [7, 11) is 1.87. The van der Waals surface area contributed by atoms with E-state index < -0.39 is 0 Å². The highest BCUT2D eigenvalue weighted by molar-refractivity contribution is 5.47. The fourth-order valence-corrected chi connectivity index (χ4v) is 0.940. The maximum atomic E-state index is 4.18. The lowest BCUT2D eigenvalue weighted by molar-refractivity contribution is 0.741. The van der Waals surface area contributed by atoms with Gasteiger partial charge in [-0.2, -0.15) is 10.3 Å². The van der Waals surface area contributed by atoms with Gasteiger partial charge in [0, 0.05) is 12.7 Å². The zero-order valence-electron chi connectivity index (χ0n) is 6.81. The average molecular weight is 164 g/mol. The lowest BCUT2D eigenvalue weighted by Gasteiger charge is -1.88. The second-order valence-electron chi connectivity index (χ2n) is 2.53. The van der Waals surface area contributed by atoms with Crippen LogP contribution < -0.4 is 0 Å². The van der Waals surface area contributed by atoms with Gasteiger partial charge < -0.3 is 0 Å². The fraction of sp³-hybridized carbons (Fsp3) is 0.333. The van der Waals surface area contributed by atoms with Gasteiger partial charge >= 0.3 is 0 Å². The van der Waals surface area contributed by atoms with Crippen LogP contribution in [0.2, 0.25) is 0 Å². The van der Waals surface area contributed by atoms with Crippen LogP contribution in [-0.4, -0.2) is 30.4 Å². The lowest BCUT2D eigenvalue weighted by atomic mass is 10.4. The Kier molecular flexibility index (Phi) is 1.39. The molecule has 1 N–H and O–H groups in total. The molecule has 12 heavy (non-hydrogen) atoms. The molecule has 0 atom stereocenters. The summed E-state index contributed by atoms with van der Waals surface area (Å²) in [6, 6.07) is 1.91. The third kappa shape index (κ3) is 0.969. The first-order valence-electron chi connectivity index (χ1n) is 3.52. The molecule has 2 aromatic rings. The molecule has 0 saturated heterocycles. The van der Waals surface area contributed by atoms with Crippen molar-refractivity contribution in [3.8, 4) is 11.5 Å². The molecule has 2 aromatic heterocycles. The Hall–Kier alpha value is -1.72. The minimum absolute atomic E-state index is 0.527. The van der Waals surface area contributed by atoms with Crippen molar-refractivity contribution in [2.75, 3.05) is 0 Å². The highest BCUT2D eigenvalue weighted by Crippen LogP contribution is 2.11. The molecule has 2 heterocycles. The summed E-state index contributed by atoms with van der Waals surface area (Å²) in [6.07, 6.45) is 0. The first-order valence-corrected chi connectivity index (χ1v) is 3.52. The molecule has 0 radical (unpaired) electrons. The van der Waals surface area contributed by atoms with Gasteiger partial charge in [-0.3, -0.25) is 4.68 Å². The Morgan fingerprint density at radius 3 is 2.83 bits per heavy atom. The van der Waals surface area contributed by atoms with E-state index in [0.29, 0.717) is 5.82 Å². The van der Waals surface area contributed by atoms with Crippen molar-refractivity contribution in [2.24, 2.45) is 7.05 Å². The van der Waals surface area contributed by atoms with Gasteiger partial charge in [0.2, 0.25) is 5.82 Å². The zero-order valence-corrected chi connectivity index (χ0v) is 6.81. The van der Waals surface area contributed by atoms with E-state index >= 15 is 0 Å². The first kappa shape index (κ1) is 6.96. The zero-order chi connectivity index (χ0) is 8.55. The van der Waals surface area contributed by atoms with Gasteiger partial charge in [0.05, 0.1) is 0 Å². The van der Waals surface area contributed by atoms with E-state index in [4.69, 9.17) is 0 Å². The van der Waals surface area contributed by atoms with Gasteiger partial charge in [-0.05, 0) is 18.2 Å². The highest BCUT2D eigenvalue weighted by atomic mass is 15.5. The predicted molar refractivity (Wildman–Crippen MR) is 41.1 cm³/mol. The van der Waals surface area contributed by atoms with Gasteiger partial charge in [0.15, 0.2) is 0 Å². The van der Waals surface area contributed by atoms with Crippen LogP contribution in [0.5, 0.6) is 0 Å². The van der Waals surface area contributed by atoms with Crippen molar-refractivity contribution in [3.63, 3.8) is 0 Å². The number of hydrogen-bond donors (Lipinski definition) is 1. The summed E-state index contributed by atoms with van der Waals surface area (Å²) >= 11 is 0. The second-order valence-corrected chi connectivity index (χ2v) is 2.53. The number of aryl methyl sites for hydroxylation is 2. The smallest absolute Gasteiger partial charge is 0.224 e. The molecule has 2 rings (SSSR count). The van der Waals surface area contributed by atoms with Crippen molar-refractivity contribution in [1.82, 2.24) is 30.4 Å². The van der Waals surface area contributed by atoms with E-state index in [0.717, 1.165) is 11.4 Å². The van der Waals surface area contributed by atoms with Crippen LogP contribution in [0.25, 0.3) is 11.5 Å². The molecule has 0 saturated carbocycles. The summed E-state index contributed by atoms with van der Waals surface area (Å²) in [5.74, 6) is 0.527. The molecule has 0 fully saturated rings. The summed E-state index contributed by atoms with van der Waals surface area (Å²) in [5, 5.41) is 17.6. The molecule has 6 heteroatoms. The molecule has 0 unspecified atom stereocenters. The normalized spacial score (nSPS) is 10.5. The summed E-state index contributed by atoms with van der Waals surface area (Å²) in [5.41, 5.74) is 1.80. The Labute approximate surface area is 68.6 Å². The molecule has 62 valence electrons. The molecule has 0 spiro atoms. The molecular weight excluding hydrogens is 156 g/mol. The summed E-state index contributed by atoms with van der Waals surface area (Å²) in [4.78, 5) is 0. The Morgan fingerprint density at radius 1 is 1.50 bits per heavy atom. The van der Waals surface area contributed by atoms with Crippen LogP contribution >= 0.6 is 0 Å². The molecule has 0 aliphatic heterocycles. The summed E-state index contributed by atoms with van der Waals surface area (Å²) < 4.78 is 1.77. The van der Waals surface area contributed by atoms with E-state index in [-0.39, 0.29) is 0 Å².